The van der Waals surface area contributed by atoms with Crippen molar-refractivity contribution in [1.82, 2.24) is 5.32 Å². The molecule has 0 saturated heterocycles. The van der Waals surface area contributed by atoms with Crippen LogP contribution in [-0.2, 0) is 10.0 Å². The number of carbonyl (C=O) groups excluding carboxylic acids is 1. The van der Waals surface area contributed by atoms with Crippen LogP contribution in [0.4, 0.5) is 5.69 Å². The van der Waals surface area contributed by atoms with Gasteiger partial charge in [0.25, 0.3) is 5.91 Å². The smallest absolute Gasteiger partial charge is 0.253 e. The Balaban J connectivity index is 2.93. The van der Waals surface area contributed by atoms with Crippen LogP contribution in [0, 0.1) is 0 Å². The SMILES string of the molecule is CCCNC(=O)c1ccccc1NS(=O)(=O)CCC. The number of anilines is 1. The molecule has 0 saturated carbocycles. The maximum absolute atomic E-state index is 11.9. The molecule has 0 heterocycles. The van der Waals surface area contributed by atoms with Crippen molar-refractivity contribution in [3.63, 3.8) is 0 Å². The summed E-state index contributed by atoms with van der Waals surface area (Å²) < 4.78 is 25.9. The topological polar surface area (TPSA) is 75.3 Å². The minimum absolute atomic E-state index is 0.0396. The normalized spacial score (nSPS) is 11.1. The molecular formula is C13H20N2O3S. The van der Waals surface area contributed by atoms with E-state index in [1.807, 2.05) is 6.92 Å². The van der Waals surface area contributed by atoms with Crippen LogP contribution in [0.2, 0.25) is 0 Å². The third-order valence-corrected chi connectivity index (χ3v) is 3.92. The third-order valence-electron chi connectivity index (χ3n) is 2.45. The van der Waals surface area contributed by atoms with E-state index in [0.717, 1.165) is 6.42 Å². The molecule has 2 N–H and O–H groups in total. The predicted octanol–water partition coefficient (Wildman–Crippen LogP) is 1.98. The van der Waals surface area contributed by atoms with Crippen LogP contribution < -0.4 is 10.0 Å². The van der Waals surface area contributed by atoms with Crippen LogP contribution in [0.1, 0.15) is 37.0 Å². The number of amides is 1. The van der Waals surface area contributed by atoms with Crippen molar-refractivity contribution in [3.05, 3.63) is 29.8 Å². The molecule has 19 heavy (non-hydrogen) atoms. The van der Waals surface area contributed by atoms with E-state index < -0.39 is 10.0 Å². The van der Waals surface area contributed by atoms with Crippen molar-refractivity contribution in [2.75, 3.05) is 17.0 Å². The average Bonchev–Trinajstić information content (AvgIpc) is 2.36. The number of benzene rings is 1. The van der Waals surface area contributed by atoms with Crippen molar-refractivity contribution in [2.24, 2.45) is 0 Å². The van der Waals surface area contributed by atoms with Gasteiger partial charge in [-0.3, -0.25) is 9.52 Å². The molecule has 0 spiro atoms. The lowest BCUT2D eigenvalue weighted by molar-refractivity contribution is 0.0954. The number of carbonyl (C=O) groups is 1. The van der Waals surface area contributed by atoms with Gasteiger partial charge >= 0.3 is 0 Å². The highest BCUT2D eigenvalue weighted by Gasteiger charge is 2.15. The monoisotopic (exact) mass is 284 g/mol. The van der Waals surface area contributed by atoms with Gasteiger partial charge in [0.15, 0.2) is 0 Å². The molecule has 0 aliphatic heterocycles. The van der Waals surface area contributed by atoms with Gasteiger partial charge < -0.3 is 5.32 Å². The van der Waals surface area contributed by atoms with Gasteiger partial charge in [0.2, 0.25) is 10.0 Å². The summed E-state index contributed by atoms with van der Waals surface area (Å²) in [4.78, 5) is 11.9. The molecule has 106 valence electrons. The first-order valence-corrected chi connectivity index (χ1v) is 8.03. The first-order chi connectivity index (χ1) is 9.00. The number of hydrogen-bond acceptors (Lipinski definition) is 3. The van der Waals surface area contributed by atoms with Crippen LogP contribution >= 0.6 is 0 Å². The fourth-order valence-electron chi connectivity index (χ4n) is 1.59. The number of sulfonamides is 1. The zero-order valence-corrected chi connectivity index (χ0v) is 12.1. The number of hydrogen-bond donors (Lipinski definition) is 2. The van der Waals surface area contributed by atoms with E-state index >= 15 is 0 Å². The lowest BCUT2D eigenvalue weighted by Gasteiger charge is -2.12. The number of para-hydroxylation sites is 1. The summed E-state index contributed by atoms with van der Waals surface area (Å²) >= 11 is 0. The fourth-order valence-corrected chi connectivity index (χ4v) is 2.74. The molecule has 1 amide bonds. The summed E-state index contributed by atoms with van der Waals surface area (Å²) in [5.41, 5.74) is 0.667. The molecule has 5 nitrogen and oxygen atoms in total. The summed E-state index contributed by atoms with van der Waals surface area (Å²) in [5.74, 6) is -0.227. The highest BCUT2D eigenvalue weighted by molar-refractivity contribution is 7.92. The Labute approximate surface area is 114 Å². The summed E-state index contributed by atoms with van der Waals surface area (Å²) in [5, 5.41) is 2.73. The second-order valence-corrected chi connectivity index (χ2v) is 6.06. The van der Waals surface area contributed by atoms with Crippen LogP contribution in [-0.4, -0.2) is 26.6 Å². The van der Waals surface area contributed by atoms with Crippen molar-refractivity contribution in [1.29, 1.82) is 0 Å². The number of nitrogens with one attached hydrogen (secondary N) is 2. The summed E-state index contributed by atoms with van der Waals surface area (Å²) in [6.07, 6.45) is 1.36. The van der Waals surface area contributed by atoms with Crippen LogP contribution in [0.25, 0.3) is 0 Å². The van der Waals surface area contributed by atoms with E-state index in [9.17, 15) is 13.2 Å². The van der Waals surface area contributed by atoms with E-state index in [1.165, 1.54) is 0 Å². The molecule has 0 aliphatic carbocycles. The van der Waals surface area contributed by atoms with E-state index in [4.69, 9.17) is 0 Å². The maximum atomic E-state index is 11.9. The molecule has 1 rings (SSSR count). The minimum Gasteiger partial charge on any atom is -0.352 e. The highest BCUT2D eigenvalue weighted by Crippen LogP contribution is 2.16. The standard InChI is InChI=1S/C13H20N2O3S/c1-3-9-14-13(16)11-7-5-6-8-12(11)15-19(17,18)10-4-2/h5-8,15H,3-4,9-10H2,1-2H3,(H,14,16). The van der Waals surface area contributed by atoms with E-state index in [0.29, 0.717) is 24.2 Å². The molecular weight excluding hydrogens is 264 g/mol. The van der Waals surface area contributed by atoms with Crippen molar-refractivity contribution >= 4 is 21.6 Å². The fraction of sp³-hybridized carbons (Fsp3) is 0.462. The van der Waals surface area contributed by atoms with Crippen molar-refractivity contribution < 1.29 is 13.2 Å². The van der Waals surface area contributed by atoms with Gasteiger partial charge in [-0.25, -0.2) is 8.42 Å². The molecule has 0 radical (unpaired) electrons. The average molecular weight is 284 g/mol. The Bertz CT molecular complexity index is 526. The zero-order valence-electron chi connectivity index (χ0n) is 11.3. The lowest BCUT2D eigenvalue weighted by Crippen LogP contribution is -2.26. The number of rotatable bonds is 7. The van der Waals surface area contributed by atoms with Crippen LogP contribution in [0.15, 0.2) is 24.3 Å². The maximum Gasteiger partial charge on any atom is 0.253 e. The Morgan fingerprint density at radius 3 is 2.47 bits per heavy atom. The molecule has 1 aromatic rings. The van der Waals surface area contributed by atoms with Crippen molar-refractivity contribution in [2.45, 2.75) is 26.7 Å². The van der Waals surface area contributed by atoms with Crippen LogP contribution in [0.3, 0.4) is 0 Å². The second-order valence-electron chi connectivity index (χ2n) is 4.22. The third kappa shape index (κ3) is 4.90. The summed E-state index contributed by atoms with van der Waals surface area (Å²) in [6.45, 7) is 4.31. The van der Waals surface area contributed by atoms with Gasteiger partial charge in [0, 0.05) is 6.54 Å². The Morgan fingerprint density at radius 2 is 1.84 bits per heavy atom. The van der Waals surface area contributed by atoms with Gasteiger partial charge in [-0.05, 0) is 25.0 Å². The summed E-state index contributed by atoms with van der Waals surface area (Å²) in [6, 6.07) is 6.60. The predicted molar refractivity (Wildman–Crippen MR) is 76.8 cm³/mol. The largest absolute Gasteiger partial charge is 0.352 e. The van der Waals surface area contributed by atoms with E-state index in [-0.39, 0.29) is 11.7 Å². The molecule has 0 unspecified atom stereocenters. The van der Waals surface area contributed by atoms with Gasteiger partial charge in [-0.1, -0.05) is 26.0 Å². The van der Waals surface area contributed by atoms with Gasteiger partial charge in [0.1, 0.15) is 0 Å². The highest BCUT2D eigenvalue weighted by atomic mass is 32.2. The first-order valence-electron chi connectivity index (χ1n) is 6.38. The Kier molecular flexibility index (Phi) is 5.82. The second kappa shape index (κ2) is 7.13. The Hall–Kier alpha value is -1.56. The summed E-state index contributed by atoms with van der Waals surface area (Å²) in [7, 11) is -3.39. The molecule has 0 aromatic heterocycles. The molecule has 0 bridgehead atoms. The first kappa shape index (κ1) is 15.5. The minimum atomic E-state index is -3.39. The molecule has 0 fully saturated rings. The molecule has 6 heteroatoms. The van der Waals surface area contributed by atoms with Gasteiger partial charge in [-0.15, -0.1) is 0 Å². The van der Waals surface area contributed by atoms with E-state index in [1.54, 1.807) is 31.2 Å². The van der Waals surface area contributed by atoms with Gasteiger partial charge in [-0.2, -0.15) is 0 Å². The molecule has 0 aliphatic rings. The lowest BCUT2D eigenvalue weighted by atomic mass is 10.1. The zero-order chi connectivity index (χ0) is 14.3. The molecule has 1 aromatic carbocycles. The van der Waals surface area contributed by atoms with Crippen molar-refractivity contribution in [3.8, 4) is 0 Å². The van der Waals surface area contributed by atoms with Crippen LogP contribution in [0.5, 0.6) is 0 Å². The quantitative estimate of drug-likeness (QED) is 0.804. The molecule has 0 atom stereocenters. The Morgan fingerprint density at radius 1 is 1.16 bits per heavy atom. The van der Waals surface area contributed by atoms with Gasteiger partial charge in [0.05, 0.1) is 17.0 Å². The van der Waals surface area contributed by atoms with E-state index in [2.05, 4.69) is 10.0 Å².